The number of amides is 1. The van der Waals surface area contributed by atoms with Crippen molar-refractivity contribution in [1.29, 1.82) is 0 Å². The topological polar surface area (TPSA) is 20.3 Å². The molecule has 6 rings (SSSR count). The van der Waals surface area contributed by atoms with E-state index in [0.717, 1.165) is 43.8 Å². The van der Waals surface area contributed by atoms with Crippen LogP contribution in [0.1, 0.15) is 85.8 Å². The lowest BCUT2D eigenvalue weighted by Gasteiger charge is -2.57. The van der Waals surface area contributed by atoms with Gasteiger partial charge in [-0.3, -0.25) is 4.79 Å². The lowest BCUT2D eigenvalue weighted by Crippen LogP contribution is -2.50. The molecule has 0 aromatic heterocycles. The molecule has 1 fully saturated rings. The second-order valence-corrected chi connectivity index (χ2v) is 12.0. The van der Waals surface area contributed by atoms with Gasteiger partial charge in [0.15, 0.2) is 0 Å². The molecule has 0 spiro atoms. The van der Waals surface area contributed by atoms with Gasteiger partial charge in [-0.1, -0.05) is 112 Å². The molecule has 2 bridgehead atoms. The van der Waals surface area contributed by atoms with Gasteiger partial charge in [-0.2, -0.15) is 0 Å². The van der Waals surface area contributed by atoms with Gasteiger partial charge >= 0.3 is 0 Å². The summed E-state index contributed by atoms with van der Waals surface area (Å²) < 4.78 is 0. The van der Waals surface area contributed by atoms with Crippen molar-refractivity contribution >= 4 is 5.91 Å². The summed E-state index contributed by atoms with van der Waals surface area (Å²) in [7, 11) is 0. The molecular formula is C36H43NO. The van der Waals surface area contributed by atoms with Gasteiger partial charge in [0.2, 0.25) is 0 Å². The fourth-order valence-electron chi connectivity index (χ4n) is 6.69. The number of carbonyl (C=O) groups is 1. The average Bonchev–Trinajstić information content (AvgIpc) is 2.96. The van der Waals surface area contributed by atoms with Crippen LogP contribution in [0.5, 0.6) is 0 Å². The van der Waals surface area contributed by atoms with Gasteiger partial charge in [-0.05, 0) is 78.2 Å². The SMILES string of the molecule is CCCCc1ccc(C(=O)N(CCC(c2ccccc2)c2ccccc2)CC2=CCC3CC2C3(C)C)cc1. The van der Waals surface area contributed by atoms with Crippen LogP contribution in [0.25, 0.3) is 0 Å². The largest absolute Gasteiger partial charge is 0.335 e. The van der Waals surface area contributed by atoms with Crippen molar-refractivity contribution in [2.45, 2.75) is 65.2 Å². The van der Waals surface area contributed by atoms with Crippen molar-refractivity contribution in [3.8, 4) is 0 Å². The maximum atomic E-state index is 14.0. The molecule has 0 heterocycles. The molecule has 3 aromatic rings. The summed E-state index contributed by atoms with van der Waals surface area (Å²) in [5.74, 6) is 1.82. The van der Waals surface area contributed by atoms with Gasteiger partial charge in [-0.15, -0.1) is 0 Å². The Labute approximate surface area is 229 Å². The Morgan fingerprint density at radius 1 is 0.921 bits per heavy atom. The third-order valence-electron chi connectivity index (χ3n) is 9.35. The Hall–Kier alpha value is -3.13. The van der Waals surface area contributed by atoms with Gasteiger partial charge in [0.25, 0.3) is 5.91 Å². The van der Waals surface area contributed by atoms with E-state index in [1.807, 2.05) is 12.1 Å². The number of nitrogens with zero attached hydrogens (tertiary/aromatic N) is 1. The lowest BCUT2D eigenvalue weighted by molar-refractivity contribution is -0.0103. The van der Waals surface area contributed by atoms with E-state index in [4.69, 9.17) is 0 Å². The van der Waals surface area contributed by atoms with Gasteiger partial charge in [0, 0.05) is 24.6 Å². The average molecular weight is 506 g/mol. The van der Waals surface area contributed by atoms with E-state index in [9.17, 15) is 4.79 Å². The maximum absolute atomic E-state index is 14.0. The Morgan fingerprint density at radius 2 is 1.55 bits per heavy atom. The number of carbonyl (C=O) groups excluding carboxylic acids is 1. The highest BCUT2D eigenvalue weighted by Gasteiger charge is 2.51. The summed E-state index contributed by atoms with van der Waals surface area (Å²) in [5, 5.41) is 0. The highest BCUT2D eigenvalue weighted by atomic mass is 16.2. The monoisotopic (exact) mass is 505 g/mol. The zero-order valence-electron chi connectivity index (χ0n) is 23.4. The number of hydrogen-bond acceptors (Lipinski definition) is 1. The Balaban J connectivity index is 1.39. The first-order chi connectivity index (χ1) is 18.5. The molecule has 3 aliphatic carbocycles. The van der Waals surface area contributed by atoms with Crippen LogP contribution in [0, 0.1) is 17.3 Å². The molecule has 0 N–H and O–H groups in total. The van der Waals surface area contributed by atoms with Crippen molar-refractivity contribution in [3.05, 3.63) is 119 Å². The summed E-state index contributed by atoms with van der Waals surface area (Å²) in [5.41, 5.74) is 6.58. The van der Waals surface area contributed by atoms with Crippen LogP contribution in [0.4, 0.5) is 0 Å². The second kappa shape index (κ2) is 11.7. The molecule has 0 radical (unpaired) electrons. The van der Waals surface area contributed by atoms with Crippen molar-refractivity contribution in [2.75, 3.05) is 13.1 Å². The van der Waals surface area contributed by atoms with Crippen LogP contribution in [0.2, 0.25) is 0 Å². The Morgan fingerprint density at radius 3 is 2.11 bits per heavy atom. The Bertz CT molecular complexity index is 1190. The van der Waals surface area contributed by atoms with Gasteiger partial charge in [-0.25, -0.2) is 0 Å². The number of hydrogen-bond donors (Lipinski definition) is 0. The molecule has 0 saturated heterocycles. The smallest absolute Gasteiger partial charge is 0.254 e. The summed E-state index contributed by atoms with van der Waals surface area (Å²) in [6.45, 7) is 8.54. The molecule has 38 heavy (non-hydrogen) atoms. The van der Waals surface area contributed by atoms with Crippen LogP contribution in [0.15, 0.2) is 96.6 Å². The molecule has 1 amide bonds. The van der Waals surface area contributed by atoms with Crippen molar-refractivity contribution in [2.24, 2.45) is 17.3 Å². The summed E-state index contributed by atoms with van der Waals surface area (Å²) in [4.78, 5) is 16.1. The van der Waals surface area contributed by atoms with E-state index in [2.05, 4.69) is 105 Å². The molecule has 0 aliphatic heterocycles. The predicted octanol–water partition coefficient (Wildman–Crippen LogP) is 8.69. The lowest BCUT2D eigenvalue weighted by atomic mass is 9.49. The number of unbranched alkanes of at least 4 members (excludes halogenated alkanes) is 1. The van der Waals surface area contributed by atoms with Gasteiger partial charge < -0.3 is 4.90 Å². The first-order valence-corrected chi connectivity index (χ1v) is 14.6. The normalized spacial score (nSPS) is 19.5. The third kappa shape index (κ3) is 5.65. The van der Waals surface area contributed by atoms with Crippen LogP contribution in [-0.4, -0.2) is 23.9 Å². The highest BCUT2D eigenvalue weighted by molar-refractivity contribution is 5.94. The molecule has 198 valence electrons. The van der Waals surface area contributed by atoms with Crippen molar-refractivity contribution < 1.29 is 4.79 Å². The quantitative estimate of drug-likeness (QED) is 0.239. The molecule has 2 atom stereocenters. The van der Waals surface area contributed by atoms with Crippen LogP contribution in [0.3, 0.4) is 0 Å². The van der Waals surface area contributed by atoms with Gasteiger partial charge in [0.1, 0.15) is 0 Å². The molecule has 1 saturated carbocycles. The number of benzene rings is 3. The van der Waals surface area contributed by atoms with Crippen LogP contribution < -0.4 is 0 Å². The molecule has 2 nitrogen and oxygen atoms in total. The highest BCUT2D eigenvalue weighted by Crippen LogP contribution is 2.59. The summed E-state index contributed by atoms with van der Waals surface area (Å²) >= 11 is 0. The fraction of sp³-hybridized carbons (Fsp3) is 0.417. The zero-order chi connectivity index (χ0) is 26.5. The van der Waals surface area contributed by atoms with E-state index in [0.29, 0.717) is 11.3 Å². The van der Waals surface area contributed by atoms with E-state index < -0.39 is 0 Å². The van der Waals surface area contributed by atoms with E-state index >= 15 is 0 Å². The molecule has 2 heteroatoms. The Kier molecular flexibility index (Phi) is 8.17. The first-order valence-electron chi connectivity index (χ1n) is 14.6. The summed E-state index contributed by atoms with van der Waals surface area (Å²) in [6.07, 6.45) is 9.24. The zero-order valence-corrected chi connectivity index (χ0v) is 23.4. The predicted molar refractivity (Wildman–Crippen MR) is 158 cm³/mol. The first kappa shape index (κ1) is 26.5. The van der Waals surface area contributed by atoms with E-state index in [-0.39, 0.29) is 11.8 Å². The van der Waals surface area contributed by atoms with E-state index in [1.54, 1.807) is 0 Å². The minimum absolute atomic E-state index is 0.159. The minimum atomic E-state index is 0.159. The standard InChI is InChI=1S/C36H43NO/c1-4-5-12-27-17-19-30(20-18-27)35(38)37(26-31-21-22-32-25-34(31)36(32,2)3)24-23-33(28-13-8-6-9-14-28)29-15-10-7-11-16-29/h6-11,13-21,32-34H,4-5,12,22-26H2,1-3H3. The van der Waals surface area contributed by atoms with Gasteiger partial charge in [0.05, 0.1) is 0 Å². The fourth-order valence-corrected chi connectivity index (χ4v) is 6.69. The van der Waals surface area contributed by atoms with Crippen molar-refractivity contribution in [3.63, 3.8) is 0 Å². The number of rotatable bonds is 11. The second-order valence-electron chi connectivity index (χ2n) is 12.0. The number of allylic oxidation sites excluding steroid dienone is 1. The molecule has 3 aromatic carbocycles. The minimum Gasteiger partial charge on any atom is -0.335 e. The van der Waals surface area contributed by atoms with E-state index in [1.165, 1.54) is 41.5 Å². The number of fused-ring (bicyclic) bond motifs is 1. The maximum Gasteiger partial charge on any atom is 0.254 e. The third-order valence-corrected chi connectivity index (χ3v) is 9.35. The van der Waals surface area contributed by atoms with Crippen molar-refractivity contribution in [1.82, 2.24) is 4.90 Å². The number of aryl methyl sites for hydroxylation is 1. The molecular weight excluding hydrogens is 462 g/mol. The summed E-state index contributed by atoms with van der Waals surface area (Å²) in [6, 6.07) is 29.9. The molecule has 2 unspecified atom stereocenters. The molecule has 3 aliphatic rings. The van der Waals surface area contributed by atoms with Crippen LogP contribution >= 0.6 is 0 Å². The van der Waals surface area contributed by atoms with Crippen LogP contribution in [-0.2, 0) is 6.42 Å².